The summed E-state index contributed by atoms with van der Waals surface area (Å²) in [6, 6.07) is 1.91. The van der Waals surface area contributed by atoms with Gasteiger partial charge in [-0.3, -0.25) is 0 Å². The Bertz CT molecular complexity index is 546. The van der Waals surface area contributed by atoms with E-state index in [9.17, 15) is 0 Å². The molecule has 0 saturated carbocycles. The fraction of sp³-hybridized carbons (Fsp3) is 0.529. The predicted molar refractivity (Wildman–Crippen MR) is 83.3 cm³/mol. The lowest BCUT2D eigenvalue weighted by Crippen LogP contribution is -2.27. The molecule has 0 N–H and O–H groups in total. The second-order valence-corrected chi connectivity index (χ2v) is 5.57. The molecule has 0 saturated heterocycles. The highest BCUT2D eigenvalue weighted by Gasteiger charge is 2.29. The van der Waals surface area contributed by atoms with Gasteiger partial charge in [0.1, 0.15) is 22.8 Å². The van der Waals surface area contributed by atoms with Gasteiger partial charge >= 0.3 is 0 Å². The van der Waals surface area contributed by atoms with Gasteiger partial charge in [0, 0.05) is 12.7 Å². The Morgan fingerprint density at radius 3 is 2.52 bits per heavy atom. The third-order valence-corrected chi connectivity index (χ3v) is 3.55. The van der Waals surface area contributed by atoms with Crippen LogP contribution in [-0.2, 0) is 4.74 Å². The summed E-state index contributed by atoms with van der Waals surface area (Å²) in [4.78, 5) is 0. The largest absolute Gasteiger partial charge is 0.496 e. The van der Waals surface area contributed by atoms with Gasteiger partial charge < -0.3 is 18.9 Å². The highest BCUT2D eigenvalue weighted by Crippen LogP contribution is 2.46. The van der Waals surface area contributed by atoms with E-state index in [1.54, 1.807) is 14.2 Å². The highest BCUT2D eigenvalue weighted by molar-refractivity contribution is 5.72. The van der Waals surface area contributed by atoms with E-state index in [1.807, 2.05) is 45.9 Å². The third-order valence-electron chi connectivity index (χ3n) is 3.55. The van der Waals surface area contributed by atoms with Crippen molar-refractivity contribution in [1.29, 1.82) is 0 Å². The number of ether oxygens (including phenoxy) is 4. The molecule has 1 atom stereocenters. The molecule has 0 radical (unpaired) electrons. The Morgan fingerprint density at radius 2 is 1.95 bits per heavy atom. The number of rotatable bonds is 5. The van der Waals surface area contributed by atoms with Crippen LogP contribution in [0.5, 0.6) is 17.2 Å². The maximum absolute atomic E-state index is 6.01. The van der Waals surface area contributed by atoms with E-state index >= 15 is 0 Å². The number of fused-ring (bicyclic) bond motifs is 1. The van der Waals surface area contributed by atoms with Crippen LogP contribution in [0.4, 0.5) is 0 Å². The Kier molecular flexibility index (Phi) is 4.47. The number of hydrogen-bond acceptors (Lipinski definition) is 4. The van der Waals surface area contributed by atoms with Crippen LogP contribution in [0, 0.1) is 0 Å². The molecule has 1 aliphatic rings. The van der Waals surface area contributed by atoms with Crippen LogP contribution >= 0.6 is 0 Å². The summed E-state index contributed by atoms with van der Waals surface area (Å²) in [6.45, 7) is 8.63. The maximum atomic E-state index is 6.01. The third kappa shape index (κ3) is 3.00. The molecule has 0 spiro atoms. The number of methoxy groups -OCH3 is 2. The van der Waals surface area contributed by atoms with E-state index in [0.717, 1.165) is 28.4 Å². The molecule has 1 heterocycles. The predicted octanol–water partition coefficient (Wildman–Crippen LogP) is 3.99. The molecular formula is C17H24O4. The van der Waals surface area contributed by atoms with Gasteiger partial charge in [0.25, 0.3) is 0 Å². The van der Waals surface area contributed by atoms with E-state index in [2.05, 4.69) is 0 Å². The molecule has 1 aromatic carbocycles. The van der Waals surface area contributed by atoms with E-state index in [4.69, 9.17) is 18.9 Å². The first kappa shape index (κ1) is 15.7. The zero-order valence-electron chi connectivity index (χ0n) is 13.6. The van der Waals surface area contributed by atoms with Crippen LogP contribution in [0.15, 0.2) is 12.1 Å². The zero-order chi connectivity index (χ0) is 15.6. The lowest BCUT2D eigenvalue weighted by atomic mass is 9.97. The molecule has 0 bridgehead atoms. The standard InChI is InChI=1S/C17H24O4/c1-7-20-11(2)15-14(18-5)10-13-12(16(15)19-6)8-9-17(3,4)21-13/h8-11H,7H2,1-6H3. The van der Waals surface area contributed by atoms with Crippen LogP contribution in [0.2, 0.25) is 0 Å². The van der Waals surface area contributed by atoms with Gasteiger partial charge in [-0.05, 0) is 39.8 Å². The lowest BCUT2D eigenvalue weighted by Gasteiger charge is -2.30. The van der Waals surface area contributed by atoms with E-state index in [0.29, 0.717) is 6.61 Å². The summed E-state index contributed by atoms with van der Waals surface area (Å²) in [6.07, 6.45) is 3.95. The van der Waals surface area contributed by atoms with Crippen molar-refractivity contribution in [2.45, 2.75) is 39.4 Å². The van der Waals surface area contributed by atoms with Crippen molar-refractivity contribution in [2.24, 2.45) is 0 Å². The second-order valence-electron chi connectivity index (χ2n) is 5.57. The molecule has 1 unspecified atom stereocenters. The minimum Gasteiger partial charge on any atom is -0.496 e. The number of benzene rings is 1. The number of hydrogen-bond donors (Lipinski definition) is 0. The Morgan fingerprint density at radius 1 is 1.24 bits per heavy atom. The summed E-state index contributed by atoms with van der Waals surface area (Å²) in [5.41, 5.74) is 1.50. The van der Waals surface area contributed by atoms with E-state index in [-0.39, 0.29) is 11.7 Å². The summed E-state index contributed by atoms with van der Waals surface area (Å²) in [7, 11) is 3.30. The van der Waals surface area contributed by atoms with E-state index in [1.165, 1.54) is 0 Å². The molecule has 4 nitrogen and oxygen atoms in total. The summed E-state index contributed by atoms with van der Waals surface area (Å²) in [5.74, 6) is 2.23. The molecule has 0 amide bonds. The monoisotopic (exact) mass is 292 g/mol. The minimum absolute atomic E-state index is 0.117. The average Bonchev–Trinajstić information content (AvgIpc) is 2.44. The molecule has 0 fully saturated rings. The zero-order valence-corrected chi connectivity index (χ0v) is 13.6. The lowest BCUT2D eigenvalue weighted by molar-refractivity contribution is 0.0722. The fourth-order valence-corrected chi connectivity index (χ4v) is 2.59. The minimum atomic E-state index is -0.337. The van der Waals surface area contributed by atoms with Gasteiger partial charge in [0.05, 0.1) is 31.5 Å². The molecule has 4 heteroatoms. The van der Waals surface area contributed by atoms with Crippen LogP contribution in [0.25, 0.3) is 6.08 Å². The highest BCUT2D eigenvalue weighted by atomic mass is 16.5. The molecule has 1 aromatic rings. The summed E-state index contributed by atoms with van der Waals surface area (Å²) < 4.78 is 22.9. The Balaban J connectivity index is 2.61. The maximum Gasteiger partial charge on any atom is 0.139 e. The van der Waals surface area contributed by atoms with Gasteiger partial charge in [-0.2, -0.15) is 0 Å². The van der Waals surface area contributed by atoms with Crippen molar-refractivity contribution in [3.05, 3.63) is 23.3 Å². The van der Waals surface area contributed by atoms with Crippen molar-refractivity contribution >= 4 is 6.08 Å². The molecular weight excluding hydrogens is 268 g/mol. The smallest absolute Gasteiger partial charge is 0.139 e. The second kappa shape index (κ2) is 5.98. The van der Waals surface area contributed by atoms with Crippen molar-refractivity contribution < 1.29 is 18.9 Å². The fourth-order valence-electron chi connectivity index (χ4n) is 2.59. The quantitative estimate of drug-likeness (QED) is 0.822. The van der Waals surface area contributed by atoms with Gasteiger partial charge in [0.2, 0.25) is 0 Å². The Labute approximate surface area is 126 Å². The summed E-state index contributed by atoms with van der Waals surface area (Å²) in [5, 5.41) is 0. The first-order chi connectivity index (χ1) is 9.93. The SMILES string of the molecule is CCOC(C)c1c(OC)cc2c(c1OC)C=CC(C)(C)O2. The van der Waals surface area contributed by atoms with Gasteiger partial charge in [-0.25, -0.2) is 0 Å². The van der Waals surface area contributed by atoms with Crippen LogP contribution in [-0.4, -0.2) is 26.4 Å². The van der Waals surface area contributed by atoms with Crippen molar-refractivity contribution in [1.82, 2.24) is 0 Å². The topological polar surface area (TPSA) is 36.9 Å². The molecule has 21 heavy (non-hydrogen) atoms. The van der Waals surface area contributed by atoms with Crippen molar-refractivity contribution in [2.75, 3.05) is 20.8 Å². The molecule has 0 aromatic heterocycles. The van der Waals surface area contributed by atoms with Crippen LogP contribution in [0.1, 0.15) is 44.9 Å². The normalized spacial score (nSPS) is 16.9. The molecule has 0 aliphatic carbocycles. The van der Waals surface area contributed by atoms with Crippen LogP contribution in [0.3, 0.4) is 0 Å². The molecule has 116 valence electrons. The summed E-state index contributed by atoms with van der Waals surface area (Å²) >= 11 is 0. The van der Waals surface area contributed by atoms with Gasteiger partial charge in [-0.15, -0.1) is 0 Å². The molecule has 1 aliphatic heterocycles. The molecule has 2 rings (SSSR count). The van der Waals surface area contributed by atoms with E-state index < -0.39 is 0 Å². The first-order valence-corrected chi connectivity index (χ1v) is 7.22. The van der Waals surface area contributed by atoms with Gasteiger partial charge in [0.15, 0.2) is 0 Å². The van der Waals surface area contributed by atoms with Gasteiger partial charge in [-0.1, -0.05) is 0 Å². The average molecular weight is 292 g/mol. The van der Waals surface area contributed by atoms with Crippen molar-refractivity contribution in [3.8, 4) is 17.2 Å². The first-order valence-electron chi connectivity index (χ1n) is 7.22. The Hall–Kier alpha value is -1.68. The van der Waals surface area contributed by atoms with Crippen LogP contribution < -0.4 is 14.2 Å². The van der Waals surface area contributed by atoms with Crippen molar-refractivity contribution in [3.63, 3.8) is 0 Å².